The molecule has 0 unspecified atom stereocenters. The monoisotopic (exact) mass is 370 g/mol. The van der Waals surface area contributed by atoms with Crippen LogP contribution in [0, 0.1) is 17.5 Å². The second-order valence-corrected chi connectivity index (χ2v) is 6.10. The number of aromatic nitrogens is 2. The molecule has 0 saturated carbocycles. The summed E-state index contributed by atoms with van der Waals surface area (Å²) in [6.07, 6.45) is 0. The first-order valence-electron chi connectivity index (χ1n) is 7.70. The van der Waals surface area contributed by atoms with E-state index in [0.717, 1.165) is 0 Å². The first kappa shape index (κ1) is 16.5. The van der Waals surface area contributed by atoms with Crippen molar-refractivity contribution in [1.82, 2.24) is 9.97 Å². The Balaban J connectivity index is 2.06. The molecule has 0 saturated heterocycles. The zero-order chi connectivity index (χ0) is 18.3. The van der Waals surface area contributed by atoms with E-state index in [1.165, 1.54) is 42.5 Å². The molecule has 0 fully saturated rings. The number of hydrogen-bond donors (Lipinski definition) is 0. The predicted molar refractivity (Wildman–Crippen MR) is 95.3 cm³/mol. The van der Waals surface area contributed by atoms with Crippen LogP contribution in [-0.2, 0) is 0 Å². The van der Waals surface area contributed by atoms with Gasteiger partial charge in [-0.05, 0) is 30.3 Å². The molecule has 0 aliphatic heterocycles. The van der Waals surface area contributed by atoms with Gasteiger partial charge in [0.05, 0.1) is 27.4 Å². The van der Waals surface area contributed by atoms with Gasteiger partial charge in [-0.15, -0.1) is 0 Å². The molecule has 0 radical (unpaired) electrons. The highest BCUT2D eigenvalue weighted by molar-refractivity contribution is 6.31. The zero-order valence-electron chi connectivity index (χ0n) is 13.2. The average molecular weight is 371 g/mol. The Labute approximate surface area is 151 Å². The second kappa shape index (κ2) is 6.42. The Morgan fingerprint density at radius 2 is 1.15 bits per heavy atom. The maximum atomic E-state index is 13.8. The van der Waals surface area contributed by atoms with E-state index in [-0.39, 0.29) is 10.5 Å². The van der Waals surface area contributed by atoms with Crippen LogP contribution in [-0.4, -0.2) is 9.97 Å². The molecule has 0 bridgehead atoms. The Hall–Kier alpha value is -2.92. The molecule has 0 spiro atoms. The van der Waals surface area contributed by atoms with Gasteiger partial charge in [0.2, 0.25) is 0 Å². The minimum atomic E-state index is -0.628. The fourth-order valence-electron chi connectivity index (χ4n) is 2.73. The third-order valence-corrected chi connectivity index (χ3v) is 4.19. The van der Waals surface area contributed by atoms with Crippen LogP contribution in [0.4, 0.5) is 13.2 Å². The number of halogens is 4. The van der Waals surface area contributed by atoms with Crippen LogP contribution in [0.15, 0.2) is 60.7 Å². The van der Waals surface area contributed by atoms with Gasteiger partial charge in [-0.1, -0.05) is 35.9 Å². The first-order valence-corrected chi connectivity index (χ1v) is 8.08. The molecular formula is C20H10ClF3N2. The lowest BCUT2D eigenvalue weighted by atomic mass is 10.0. The van der Waals surface area contributed by atoms with Crippen molar-refractivity contribution < 1.29 is 13.2 Å². The third kappa shape index (κ3) is 3.02. The second-order valence-electron chi connectivity index (χ2n) is 5.70. The van der Waals surface area contributed by atoms with Crippen molar-refractivity contribution in [1.29, 1.82) is 0 Å². The van der Waals surface area contributed by atoms with E-state index in [9.17, 15) is 13.2 Å². The standard InChI is InChI=1S/C20H10ClF3N2/c21-15-9-17-18(10-16(15)24)26-20(12-4-2-6-14(23)8-12)19(25-17)11-3-1-5-13(22)7-11/h1-10H. The summed E-state index contributed by atoms with van der Waals surface area (Å²) in [5.41, 5.74) is 2.23. The number of hydrogen-bond acceptors (Lipinski definition) is 2. The van der Waals surface area contributed by atoms with E-state index >= 15 is 0 Å². The summed E-state index contributed by atoms with van der Waals surface area (Å²) < 4.78 is 41.2. The largest absolute Gasteiger partial charge is 0.244 e. The SMILES string of the molecule is Fc1cccc(-c2nc3cc(F)c(Cl)cc3nc2-c2cccc(F)c2)c1. The molecule has 4 rings (SSSR count). The van der Waals surface area contributed by atoms with Crippen LogP contribution in [0.1, 0.15) is 0 Å². The van der Waals surface area contributed by atoms with E-state index < -0.39 is 17.5 Å². The van der Waals surface area contributed by atoms with Gasteiger partial charge in [-0.3, -0.25) is 0 Å². The molecule has 0 N–H and O–H groups in total. The molecule has 128 valence electrons. The predicted octanol–water partition coefficient (Wildman–Crippen LogP) is 6.03. The minimum absolute atomic E-state index is 0.0875. The van der Waals surface area contributed by atoms with Gasteiger partial charge in [0.1, 0.15) is 17.5 Å². The van der Waals surface area contributed by atoms with Gasteiger partial charge in [0.25, 0.3) is 0 Å². The smallest absolute Gasteiger partial charge is 0.144 e. The molecule has 0 aliphatic carbocycles. The highest BCUT2D eigenvalue weighted by Gasteiger charge is 2.15. The summed E-state index contributed by atoms with van der Waals surface area (Å²) in [6, 6.07) is 14.2. The normalized spacial score (nSPS) is 11.1. The minimum Gasteiger partial charge on any atom is -0.244 e. The van der Waals surface area contributed by atoms with E-state index in [2.05, 4.69) is 9.97 Å². The molecular weight excluding hydrogens is 361 g/mol. The molecule has 26 heavy (non-hydrogen) atoms. The van der Waals surface area contributed by atoms with Gasteiger partial charge in [0.15, 0.2) is 0 Å². The quantitative estimate of drug-likeness (QED) is 0.430. The van der Waals surface area contributed by atoms with Crippen LogP contribution in [0.3, 0.4) is 0 Å². The summed E-state index contributed by atoms with van der Waals surface area (Å²) >= 11 is 5.84. The number of benzene rings is 3. The van der Waals surface area contributed by atoms with Crippen molar-refractivity contribution in [3.63, 3.8) is 0 Å². The third-order valence-electron chi connectivity index (χ3n) is 3.90. The van der Waals surface area contributed by atoms with Gasteiger partial charge < -0.3 is 0 Å². The lowest BCUT2D eigenvalue weighted by molar-refractivity contribution is 0.627. The van der Waals surface area contributed by atoms with Gasteiger partial charge >= 0.3 is 0 Å². The average Bonchev–Trinajstić information content (AvgIpc) is 2.62. The summed E-state index contributed by atoms with van der Waals surface area (Å²) in [5, 5.41) is -0.0875. The summed E-state index contributed by atoms with van der Waals surface area (Å²) in [4.78, 5) is 8.94. The van der Waals surface area contributed by atoms with Crippen molar-refractivity contribution in [2.75, 3.05) is 0 Å². The molecule has 6 heteroatoms. The van der Waals surface area contributed by atoms with Crippen molar-refractivity contribution in [2.45, 2.75) is 0 Å². The fraction of sp³-hybridized carbons (Fsp3) is 0. The van der Waals surface area contributed by atoms with Crippen LogP contribution in [0.2, 0.25) is 5.02 Å². The van der Waals surface area contributed by atoms with Gasteiger partial charge in [-0.25, -0.2) is 23.1 Å². The van der Waals surface area contributed by atoms with Crippen LogP contribution < -0.4 is 0 Å². The van der Waals surface area contributed by atoms with Crippen molar-refractivity contribution >= 4 is 22.6 Å². The van der Waals surface area contributed by atoms with E-state index in [0.29, 0.717) is 28.0 Å². The number of rotatable bonds is 2. The Morgan fingerprint density at radius 1 is 0.654 bits per heavy atom. The van der Waals surface area contributed by atoms with E-state index in [4.69, 9.17) is 11.6 Å². The molecule has 1 aromatic heterocycles. The Kier molecular flexibility index (Phi) is 4.09. The van der Waals surface area contributed by atoms with Crippen LogP contribution in [0.5, 0.6) is 0 Å². The molecule has 0 atom stereocenters. The highest BCUT2D eigenvalue weighted by atomic mass is 35.5. The van der Waals surface area contributed by atoms with E-state index in [1.807, 2.05) is 0 Å². The van der Waals surface area contributed by atoms with Crippen molar-refractivity contribution in [3.05, 3.63) is 83.1 Å². The van der Waals surface area contributed by atoms with Gasteiger partial charge in [0, 0.05) is 17.2 Å². The molecule has 2 nitrogen and oxygen atoms in total. The summed E-state index contributed by atoms with van der Waals surface area (Å²) in [5.74, 6) is -1.51. The lowest BCUT2D eigenvalue weighted by Crippen LogP contribution is -1.97. The van der Waals surface area contributed by atoms with E-state index in [1.54, 1.807) is 18.2 Å². The maximum Gasteiger partial charge on any atom is 0.144 e. The Bertz CT molecular complexity index is 1060. The van der Waals surface area contributed by atoms with Crippen molar-refractivity contribution in [3.8, 4) is 22.5 Å². The molecule has 3 aromatic carbocycles. The zero-order valence-corrected chi connectivity index (χ0v) is 13.9. The maximum absolute atomic E-state index is 13.8. The number of fused-ring (bicyclic) bond motifs is 1. The highest BCUT2D eigenvalue weighted by Crippen LogP contribution is 2.32. The van der Waals surface area contributed by atoms with Crippen LogP contribution in [0.25, 0.3) is 33.5 Å². The number of nitrogens with zero attached hydrogens (tertiary/aromatic N) is 2. The van der Waals surface area contributed by atoms with Crippen molar-refractivity contribution in [2.24, 2.45) is 0 Å². The molecule has 0 amide bonds. The molecule has 4 aromatic rings. The lowest BCUT2D eigenvalue weighted by Gasteiger charge is -2.11. The summed E-state index contributed by atoms with van der Waals surface area (Å²) in [7, 11) is 0. The topological polar surface area (TPSA) is 25.8 Å². The first-order chi connectivity index (χ1) is 12.5. The summed E-state index contributed by atoms with van der Waals surface area (Å²) in [6.45, 7) is 0. The Morgan fingerprint density at radius 3 is 1.65 bits per heavy atom. The molecule has 0 aliphatic rings. The fourth-order valence-corrected chi connectivity index (χ4v) is 2.88. The van der Waals surface area contributed by atoms with Gasteiger partial charge in [-0.2, -0.15) is 0 Å². The molecule has 1 heterocycles. The van der Waals surface area contributed by atoms with Crippen LogP contribution >= 0.6 is 11.6 Å².